The summed E-state index contributed by atoms with van der Waals surface area (Å²) in [7, 11) is 0. The molecule has 3 nitrogen and oxygen atoms in total. The van der Waals surface area contributed by atoms with Gasteiger partial charge in [0.2, 0.25) is 5.91 Å². The van der Waals surface area contributed by atoms with Gasteiger partial charge in [-0.2, -0.15) is 0 Å². The molecule has 0 aliphatic heterocycles. The van der Waals surface area contributed by atoms with Crippen LogP contribution < -0.4 is 5.32 Å². The van der Waals surface area contributed by atoms with Gasteiger partial charge >= 0.3 is 0 Å². The number of pyridine rings is 1. The quantitative estimate of drug-likeness (QED) is 0.930. The average molecular weight is 312 g/mol. The number of carbonyl (C=O) groups is 1. The summed E-state index contributed by atoms with van der Waals surface area (Å²) >= 11 is 0. The van der Waals surface area contributed by atoms with Gasteiger partial charge < -0.3 is 5.32 Å². The molecule has 1 atom stereocenters. The third-order valence-corrected chi connectivity index (χ3v) is 4.84. The standard InChI is InChI=1S/C19H21FN2O/c1-14(15-8-12-21-13-9-15)22-18(23)19(10-2-3-11-19)16-4-6-17(20)7-5-16/h4-9,12-14H,2-3,10-11H2,1H3,(H,22,23). The molecule has 1 fully saturated rings. The molecule has 1 aliphatic rings. The molecule has 120 valence electrons. The van der Waals surface area contributed by atoms with Crippen LogP contribution in [-0.2, 0) is 10.2 Å². The molecule has 0 saturated heterocycles. The second-order valence-corrected chi connectivity index (χ2v) is 6.27. The van der Waals surface area contributed by atoms with E-state index in [0.29, 0.717) is 0 Å². The number of aromatic nitrogens is 1. The monoisotopic (exact) mass is 312 g/mol. The van der Waals surface area contributed by atoms with E-state index in [1.807, 2.05) is 19.1 Å². The summed E-state index contributed by atoms with van der Waals surface area (Å²) in [6.07, 6.45) is 7.12. The van der Waals surface area contributed by atoms with E-state index < -0.39 is 5.41 Å². The Morgan fingerprint density at radius 2 is 1.74 bits per heavy atom. The highest BCUT2D eigenvalue weighted by Gasteiger charge is 2.43. The molecular weight excluding hydrogens is 291 g/mol. The lowest BCUT2D eigenvalue weighted by Gasteiger charge is -2.30. The first-order chi connectivity index (χ1) is 11.1. The molecule has 0 radical (unpaired) electrons. The SMILES string of the molecule is CC(NC(=O)C1(c2ccc(F)cc2)CCCC1)c1ccncc1. The summed E-state index contributed by atoms with van der Waals surface area (Å²) in [5.41, 5.74) is 1.41. The number of carbonyl (C=O) groups excluding carboxylic acids is 1. The van der Waals surface area contributed by atoms with Gasteiger partial charge in [0.25, 0.3) is 0 Å². The molecule has 1 amide bonds. The number of nitrogens with zero attached hydrogens (tertiary/aromatic N) is 1. The third-order valence-electron chi connectivity index (χ3n) is 4.84. The number of rotatable bonds is 4. The van der Waals surface area contributed by atoms with Gasteiger partial charge in [0.05, 0.1) is 11.5 Å². The summed E-state index contributed by atoms with van der Waals surface area (Å²) in [5, 5.41) is 3.13. The molecule has 1 aromatic heterocycles. The Morgan fingerprint density at radius 3 is 2.35 bits per heavy atom. The molecule has 0 bridgehead atoms. The second kappa shape index (κ2) is 6.49. The molecule has 23 heavy (non-hydrogen) atoms. The number of nitrogens with one attached hydrogen (secondary N) is 1. The van der Waals surface area contributed by atoms with Gasteiger partial charge in [-0.05, 0) is 55.2 Å². The van der Waals surface area contributed by atoms with E-state index >= 15 is 0 Å². The van der Waals surface area contributed by atoms with Crippen molar-refractivity contribution >= 4 is 5.91 Å². The van der Waals surface area contributed by atoms with Crippen molar-refractivity contribution in [3.05, 3.63) is 65.7 Å². The predicted octanol–water partition coefficient (Wildman–Crippen LogP) is 3.91. The molecule has 1 saturated carbocycles. The lowest BCUT2D eigenvalue weighted by atomic mass is 9.77. The minimum atomic E-state index is -0.533. The highest BCUT2D eigenvalue weighted by Crippen LogP contribution is 2.41. The molecule has 0 spiro atoms. The van der Waals surface area contributed by atoms with Crippen LogP contribution in [0.4, 0.5) is 4.39 Å². The van der Waals surface area contributed by atoms with Crippen molar-refractivity contribution in [1.82, 2.24) is 10.3 Å². The Labute approximate surface area is 135 Å². The van der Waals surface area contributed by atoms with E-state index in [1.54, 1.807) is 24.5 Å². The summed E-state index contributed by atoms with van der Waals surface area (Å²) in [4.78, 5) is 17.0. The minimum Gasteiger partial charge on any atom is -0.349 e. The zero-order valence-corrected chi connectivity index (χ0v) is 13.3. The molecular formula is C19H21FN2O. The van der Waals surface area contributed by atoms with Crippen molar-refractivity contribution in [3.63, 3.8) is 0 Å². The largest absolute Gasteiger partial charge is 0.349 e. The van der Waals surface area contributed by atoms with Crippen LogP contribution in [0.5, 0.6) is 0 Å². The smallest absolute Gasteiger partial charge is 0.231 e. The summed E-state index contributed by atoms with van der Waals surface area (Å²) in [6.45, 7) is 1.97. The number of hydrogen-bond acceptors (Lipinski definition) is 2. The minimum absolute atomic E-state index is 0.0333. The van der Waals surface area contributed by atoms with Gasteiger partial charge in [-0.25, -0.2) is 4.39 Å². The Balaban J connectivity index is 1.83. The van der Waals surface area contributed by atoms with Gasteiger partial charge in [0.1, 0.15) is 5.82 Å². The first-order valence-electron chi connectivity index (χ1n) is 8.09. The van der Waals surface area contributed by atoms with E-state index in [1.165, 1.54) is 12.1 Å². The van der Waals surface area contributed by atoms with Crippen molar-refractivity contribution in [1.29, 1.82) is 0 Å². The van der Waals surface area contributed by atoms with E-state index in [4.69, 9.17) is 0 Å². The van der Waals surface area contributed by atoms with Gasteiger partial charge in [0.15, 0.2) is 0 Å². The van der Waals surface area contributed by atoms with E-state index in [0.717, 1.165) is 36.8 Å². The summed E-state index contributed by atoms with van der Waals surface area (Å²) in [6, 6.07) is 10.1. The second-order valence-electron chi connectivity index (χ2n) is 6.27. The van der Waals surface area contributed by atoms with E-state index in [-0.39, 0.29) is 17.8 Å². The maximum atomic E-state index is 13.2. The van der Waals surface area contributed by atoms with Gasteiger partial charge in [-0.15, -0.1) is 0 Å². The Bertz CT molecular complexity index is 664. The molecule has 4 heteroatoms. The highest BCUT2D eigenvalue weighted by molar-refractivity contribution is 5.88. The maximum Gasteiger partial charge on any atom is 0.231 e. The first kappa shape index (κ1) is 15.7. The van der Waals surface area contributed by atoms with Crippen molar-refractivity contribution in [3.8, 4) is 0 Å². The van der Waals surface area contributed by atoms with E-state index in [9.17, 15) is 9.18 Å². The molecule has 1 heterocycles. The predicted molar refractivity (Wildman–Crippen MR) is 87.3 cm³/mol. The molecule has 3 rings (SSSR count). The average Bonchev–Trinajstić information content (AvgIpc) is 3.07. The fourth-order valence-electron chi connectivity index (χ4n) is 3.46. The fraction of sp³-hybridized carbons (Fsp3) is 0.368. The maximum absolute atomic E-state index is 13.2. The summed E-state index contributed by atoms with van der Waals surface area (Å²) in [5.74, 6) is -0.238. The van der Waals surface area contributed by atoms with Crippen molar-refractivity contribution < 1.29 is 9.18 Å². The van der Waals surface area contributed by atoms with Gasteiger partial charge in [0, 0.05) is 12.4 Å². The van der Waals surface area contributed by atoms with Crippen LogP contribution in [0.2, 0.25) is 0 Å². The van der Waals surface area contributed by atoms with E-state index in [2.05, 4.69) is 10.3 Å². The van der Waals surface area contributed by atoms with Crippen LogP contribution in [0.1, 0.15) is 49.8 Å². The van der Waals surface area contributed by atoms with Crippen molar-refractivity contribution in [2.45, 2.75) is 44.1 Å². The van der Waals surface area contributed by atoms with Crippen LogP contribution in [0.15, 0.2) is 48.8 Å². The topological polar surface area (TPSA) is 42.0 Å². The van der Waals surface area contributed by atoms with Crippen LogP contribution in [0, 0.1) is 5.82 Å². The normalized spacial score (nSPS) is 17.7. The van der Waals surface area contributed by atoms with Crippen molar-refractivity contribution in [2.75, 3.05) is 0 Å². The third kappa shape index (κ3) is 3.11. The molecule has 1 N–H and O–H groups in total. The first-order valence-corrected chi connectivity index (χ1v) is 8.09. The Hall–Kier alpha value is -2.23. The molecule has 1 aromatic carbocycles. The van der Waals surface area contributed by atoms with Crippen LogP contribution in [0.25, 0.3) is 0 Å². The lowest BCUT2D eigenvalue weighted by molar-refractivity contribution is -0.127. The highest BCUT2D eigenvalue weighted by atomic mass is 19.1. The zero-order valence-electron chi connectivity index (χ0n) is 13.3. The fourth-order valence-corrected chi connectivity index (χ4v) is 3.46. The summed E-state index contributed by atoms with van der Waals surface area (Å²) < 4.78 is 13.2. The number of benzene rings is 1. The Kier molecular flexibility index (Phi) is 4.42. The van der Waals surface area contributed by atoms with Gasteiger partial charge in [-0.1, -0.05) is 25.0 Å². The number of hydrogen-bond donors (Lipinski definition) is 1. The van der Waals surface area contributed by atoms with Crippen molar-refractivity contribution in [2.24, 2.45) is 0 Å². The lowest BCUT2D eigenvalue weighted by Crippen LogP contribution is -2.43. The number of amides is 1. The van der Waals surface area contributed by atoms with Crippen LogP contribution in [0.3, 0.4) is 0 Å². The molecule has 1 aliphatic carbocycles. The number of halogens is 1. The molecule has 1 unspecified atom stereocenters. The van der Waals surface area contributed by atoms with Crippen LogP contribution >= 0.6 is 0 Å². The van der Waals surface area contributed by atoms with Gasteiger partial charge in [-0.3, -0.25) is 9.78 Å². The molecule has 2 aromatic rings. The zero-order chi connectivity index (χ0) is 16.3. The Morgan fingerprint density at radius 1 is 1.13 bits per heavy atom. The van der Waals surface area contributed by atoms with Crippen LogP contribution in [-0.4, -0.2) is 10.9 Å².